The summed E-state index contributed by atoms with van der Waals surface area (Å²) in [7, 11) is -2.13. The first-order chi connectivity index (χ1) is 13.8. The van der Waals surface area contributed by atoms with Gasteiger partial charge in [0, 0.05) is 18.1 Å². The van der Waals surface area contributed by atoms with Gasteiger partial charge >= 0.3 is 0 Å². The summed E-state index contributed by atoms with van der Waals surface area (Å²) in [6.07, 6.45) is 1.30. The van der Waals surface area contributed by atoms with E-state index in [0.29, 0.717) is 30.2 Å². The van der Waals surface area contributed by atoms with Crippen molar-refractivity contribution in [3.05, 3.63) is 59.1 Å². The van der Waals surface area contributed by atoms with E-state index >= 15 is 0 Å². The van der Waals surface area contributed by atoms with E-state index in [1.807, 2.05) is 19.1 Å². The maximum atomic E-state index is 13.0. The van der Waals surface area contributed by atoms with Crippen LogP contribution in [-0.4, -0.2) is 38.8 Å². The van der Waals surface area contributed by atoms with Crippen LogP contribution in [0.2, 0.25) is 5.02 Å². The molecule has 0 saturated carbocycles. The number of nitrogens with one attached hydrogen (secondary N) is 1. The molecule has 0 aliphatic carbocycles. The van der Waals surface area contributed by atoms with Crippen LogP contribution in [0.4, 0.5) is 0 Å². The van der Waals surface area contributed by atoms with E-state index in [0.717, 1.165) is 5.56 Å². The maximum absolute atomic E-state index is 13.0. The number of sulfonamides is 1. The van der Waals surface area contributed by atoms with E-state index in [1.54, 1.807) is 24.3 Å². The van der Waals surface area contributed by atoms with Crippen molar-refractivity contribution in [2.24, 2.45) is 5.92 Å². The molecule has 2 atom stereocenters. The third-order valence-electron chi connectivity index (χ3n) is 5.18. The fourth-order valence-corrected chi connectivity index (χ4v) is 5.09. The Hall–Kier alpha value is -2.09. The van der Waals surface area contributed by atoms with Gasteiger partial charge in [0.1, 0.15) is 5.75 Å². The lowest BCUT2D eigenvalue weighted by atomic mass is 9.98. The largest absolute Gasteiger partial charge is 0.497 e. The zero-order valence-corrected chi connectivity index (χ0v) is 18.0. The van der Waals surface area contributed by atoms with Crippen LogP contribution < -0.4 is 10.1 Å². The average molecular weight is 437 g/mol. The number of ether oxygens (including phenoxy) is 1. The standard InChI is InChI=1S/C21H25ClN2O4S/c1-15(16-5-7-18(22)8-6-16)23-21(25)17-4-3-13-24(14-17)29(26,27)20-11-9-19(28-2)10-12-20/h5-12,15,17H,3-4,13-14H2,1-2H3,(H,23,25)/t15-,17-/m0/s1. The average Bonchev–Trinajstić information content (AvgIpc) is 2.74. The molecule has 1 saturated heterocycles. The van der Waals surface area contributed by atoms with Crippen molar-refractivity contribution >= 4 is 27.5 Å². The second kappa shape index (κ2) is 9.15. The highest BCUT2D eigenvalue weighted by Crippen LogP contribution is 2.26. The van der Waals surface area contributed by atoms with Crippen molar-refractivity contribution in [3.63, 3.8) is 0 Å². The molecule has 0 spiro atoms. The second-order valence-corrected chi connectivity index (χ2v) is 9.53. The normalized spacial score (nSPS) is 18.8. The second-order valence-electron chi connectivity index (χ2n) is 7.16. The molecule has 0 aromatic heterocycles. The van der Waals surface area contributed by atoms with Gasteiger partial charge in [0.25, 0.3) is 0 Å². The van der Waals surface area contributed by atoms with Crippen LogP contribution in [0.25, 0.3) is 0 Å². The molecule has 8 heteroatoms. The number of nitrogens with zero attached hydrogens (tertiary/aromatic N) is 1. The van der Waals surface area contributed by atoms with Gasteiger partial charge in [-0.15, -0.1) is 0 Å². The number of hydrogen-bond acceptors (Lipinski definition) is 4. The lowest BCUT2D eigenvalue weighted by Gasteiger charge is -2.32. The summed E-state index contributed by atoms with van der Waals surface area (Å²) in [6, 6.07) is 13.4. The van der Waals surface area contributed by atoms with Crippen molar-refractivity contribution in [2.45, 2.75) is 30.7 Å². The third-order valence-corrected chi connectivity index (χ3v) is 7.31. The number of benzene rings is 2. The van der Waals surface area contributed by atoms with Crippen molar-refractivity contribution in [1.82, 2.24) is 9.62 Å². The number of rotatable bonds is 6. The molecule has 29 heavy (non-hydrogen) atoms. The van der Waals surface area contributed by atoms with E-state index in [4.69, 9.17) is 16.3 Å². The zero-order valence-electron chi connectivity index (χ0n) is 16.5. The molecule has 0 unspecified atom stereocenters. The number of amides is 1. The summed E-state index contributed by atoms with van der Waals surface area (Å²) >= 11 is 5.91. The minimum absolute atomic E-state index is 0.137. The Morgan fingerprint density at radius 3 is 2.45 bits per heavy atom. The summed E-state index contributed by atoms with van der Waals surface area (Å²) in [5.41, 5.74) is 0.946. The number of hydrogen-bond donors (Lipinski definition) is 1. The number of methoxy groups -OCH3 is 1. The fraction of sp³-hybridized carbons (Fsp3) is 0.381. The Morgan fingerprint density at radius 1 is 1.17 bits per heavy atom. The van der Waals surface area contributed by atoms with Crippen molar-refractivity contribution in [2.75, 3.05) is 20.2 Å². The molecule has 2 aromatic rings. The van der Waals surface area contributed by atoms with Crippen LogP contribution in [0.1, 0.15) is 31.4 Å². The van der Waals surface area contributed by atoms with E-state index in [2.05, 4.69) is 5.32 Å². The molecular formula is C21H25ClN2O4S. The predicted molar refractivity (Wildman–Crippen MR) is 112 cm³/mol. The smallest absolute Gasteiger partial charge is 0.243 e. The summed E-state index contributed by atoms with van der Waals surface area (Å²) < 4.78 is 32.4. The molecule has 156 valence electrons. The number of carbonyl (C=O) groups is 1. The van der Waals surface area contributed by atoms with Gasteiger partial charge in [0.15, 0.2) is 0 Å². The highest BCUT2D eigenvalue weighted by molar-refractivity contribution is 7.89. The van der Waals surface area contributed by atoms with Crippen LogP contribution in [0.5, 0.6) is 5.75 Å². The van der Waals surface area contributed by atoms with E-state index in [1.165, 1.54) is 23.5 Å². The van der Waals surface area contributed by atoms with Crippen LogP contribution in [0.15, 0.2) is 53.4 Å². The monoisotopic (exact) mass is 436 g/mol. The lowest BCUT2D eigenvalue weighted by Crippen LogP contribution is -2.45. The Morgan fingerprint density at radius 2 is 1.83 bits per heavy atom. The molecule has 1 heterocycles. The fourth-order valence-electron chi connectivity index (χ4n) is 3.44. The first kappa shape index (κ1) is 21.6. The topological polar surface area (TPSA) is 75.7 Å². The number of piperidine rings is 1. The van der Waals surface area contributed by atoms with Gasteiger partial charge in [-0.3, -0.25) is 4.79 Å². The maximum Gasteiger partial charge on any atom is 0.243 e. The van der Waals surface area contributed by atoms with Gasteiger partial charge in [-0.2, -0.15) is 4.31 Å². The van der Waals surface area contributed by atoms with E-state index in [9.17, 15) is 13.2 Å². The molecule has 1 aliphatic rings. The summed E-state index contributed by atoms with van der Waals surface area (Å²) in [6.45, 7) is 2.48. The van der Waals surface area contributed by atoms with Crippen molar-refractivity contribution in [3.8, 4) is 5.75 Å². The number of carbonyl (C=O) groups excluding carboxylic acids is 1. The molecular weight excluding hydrogens is 412 g/mol. The van der Waals surface area contributed by atoms with E-state index in [-0.39, 0.29) is 29.3 Å². The van der Waals surface area contributed by atoms with Crippen LogP contribution in [-0.2, 0) is 14.8 Å². The van der Waals surface area contributed by atoms with Crippen molar-refractivity contribution in [1.29, 1.82) is 0 Å². The molecule has 6 nitrogen and oxygen atoms in total. The molecule has 1 N–H and O–H groups in total. The molecule has 1 aliphatic heterocycles. The molecule has 3 rings (SSSR count). The van der Waals surface area contributed by atoms with Crippen LogP contribution in [0.3, 0.4) is 0 Å². The Bertz CT molecular complexity index is 946. The van der Waals surface area contributed by atoms with Gasteiger partial charge < -0.3 is 10.1 Å². The molecule has 1 fully saturated rings. The van der Waals surface area contributed by atoms with Crippen molar-refractivity contribution < 1.29 is 17.9 Å². The summed E-state index contributed by atoms with van der Waals surface area (Å²) in [5.74, 6) is 0.0737. The van der Waals surface area contributed by atoms with E-state index < -0.39 is 10.0 Å². The van der Waals surface area contributed by atoms with Gasteiger partial charge in [0.2, 0.25) is 15.9 Å². The van der Waals surface area contributed by atoms with Crippen LogP contribution in [0, 0.1) is 5.92 Å². The van der Waals surface area contributed by atoms with Gasteiger partial charge in [-0.05, 0) is 61.7 Å². The zero-order chi connectivity index (χ0) is 21.0. The predicted octanol–water partition coefficient (Wildman–Crippen LogP) is 3.63. The third kappa shape index (κ3) is 5.10. The first-order valence-electron chi connectivity index (χ1n) is 9.51. The molecule has 1 amide bonds. The van der Waals surface area contributed by atoms with Gasteiger partial charge in [-0.25, -0.2) is 8.42 Å². The van der Waals surface area contributed by atoms with Crippen LogP contribution >= 0.6 is 11.6 Å². The van der Waals surface area contributed by atoms with Gasteiger partial charge in [0.05, 0.1) is 24.0 Å². The number of halogens is 1. The quantitative estimate of drug-likeness (QED) is 0.750. The highest BCUT2D eigenvalue weighted by atomic mass is 35.5. The molecule has 2 aromatic carbocycles. The summed E-state index contributed by atoms with van der Waals surface area (Å²) in [4.78, 5) is 13.0. The Kier molecular flexibility index (Phi) is 6.82. The molecule has 0 bridgehead atoms. The van der Waals surface area contributed by atoms with Gasteiger partial charge in [-0.1, -0.05) is 23.7 Å². The molecule has 0 radical (unpaired) electrons. The highest BCUT2D eigenvalue weighted by Gasteiger charge is 2.33. The Balaban J connectivity index is 1.67. The summed E-state index contributed by atoms with van der Waals surface area (Å²) in [5, 5.41) is 3.63. The minimum Gasteiger partial charge on any atom is -0.497 e. The minimum atomic E-state index is -3.66. The SMILES string of the molecule is COc1ccc(S(=O)(=O)N2CCC[C@H](C(=O)N[C@@H](C)c3ccc(Cl)cc3)C2)cc1. The Labute approximate surface area is 176 Å². The first-order valence-corrected chi connectivity index (χ1v) is 11.3. The lowest BCUT2D eigenvalue weighted by molar-refractivity contribution is -0.126.